The van der Waals surface area contributed by atoms with Crippen molar-refractivity contribution in [3.8, 4) is 0 Å². The first-order valence-electron chi connectivity index (χ1n) is 2.27. The fraction of sp³-hybridized carbons (Fsp3) is 0.200. The average Bonchev–Trinajstić information content (AvgIpc) is 2.41. The van der Waals surface area contributed by atoms with Crippen LogP contribution in [-0.2, 0) is 4.84 Å². The van der Waals surface area contributed by atoms with Gasteiger partial charge in [0.25, 0.3) is 0 Å². The minimum Gasteiger partial charge on any atom is -0.239 e. The van der Waals surface area contributed by atoms with Crippen molar-refractivity contribution in [3.63, 3.8) is 0 Å². The number of nitrogens with zero attached hydrogens (tertiary/aromatic N) is 1. The van der Waals surface area contributed by atoms with Crippen LogP contribution in [0.1, 0.15) is 0 Å². The average molecular weight is 95.1 g/mol. The van der Waals surface area contributed by atoms with Gasteiger partial charge in [-0.1, -0.05) is 6.08 Å². The van der Waals surface area contributed by atoms with Crippen LogP contribution in [0.3, 0.4) is 0 Å². The molecule has 0 spiro atoms. The quantitative estimate of drug-likeness (QED) is 0.410. The summed E-state index contributed by atoms with van der Waals surface area (Å²) in [5.41, 5.74) is 0. The molecule has 1 atom stereocenters. The molecule has 0 radical (unpaired) electrons. The van der Waals surface area contributed by atoms with E-state index in [1.165, 1.54) is 0 Å². The van der Waals surface area contributed by atoms with Crippen LogP contribution in [-0.4, -0.2) is 11.3 Å². The lowest BCUT2D eigenvalue weighted by molar-refractivity contribution is 0.259. The second-order valence-corrected chi connectivity index (χ2v) is 1.58. The number of hydrogen-bond acceptors (Lipinski definition) is 2. The summed E-state index contributed by atoms with van der Waals surface area (Å²) in [7, 11) is 0. The van der Waals surface area contributed by atoms with Gasteiger partial charge in [-0.3, -0.25) is 0 Å². The van der Waals surface area contributed by atoms with E-state index in [-0.39, 0.29) is 6.23 Å². The molecule has 0 N–H and O–H groups in total. The van der Waals surface area contributed by atoms with Crippen molar-refractivity contribution >= 4 is 0 Å². The van der Waals surface area contributed by atoms with E-state index in [2.05, 4.69) is 0 Å². The first kappa shape index (κ1) is 3.27. The van der Waals surface area contributed by atoms with Gasteiger partial charge in [0.2, 0.25) is 0 Å². The molecule has 2 aliphatic rings. The van der Waals surface area contributed by atoms with Crippen LogP contribution in [0.25, 0.3) is 0 Å². The zero-order chi connectivity index (χ0) is 4.69. The van der Waals surface area contributed by atoms with Gasteiger partial charge in [-0.05, 0) is 12.2 Å². The Bertz CT molecular complexity index is 123. The summed E-state index contributed by atoms with van der Waals surface area (Å²) in [5.74, 6) is 0. The SMILES string of the molecule is C1=CC2ON2C=C1. The maximum atomic E-state index is 4.94. The Hall–Kier alpha value is -0.760. The van der Waals surface area contributed by atoms with Crippen LogP contribution in [0, 0.1) is 0 Å². The molecule has 36 valence electrons. The lowest BCUT2D eigenvalue weighted by Gasteiger charge is -1.86. The molecule has 0 saturated carbocycles. The van der Waals surface area contributed by atoms with E-state index >= 15 is 0 Å². The standard InChI is InChI=1S/C5H5NO/c1-2-4-6-5(3-1)7-6/h1-5H. The molecule has 2 heterocycles. The molecule has 1 fully saturated rings. The molecule has 0 aromatic heterocycles. The van der Waals surface area contributed by atoms with Crippen molar-refractivity contribution < 1.29 is 4.84 Å². The third-order valence-corrected chi connectivity index (χ3v) is 1.05. The predicted molar refractivity (Wildman–Crippen MR) is 25.0 cm³/mol. The third kappa shape index (κ3) is 0.367. The Morgan fingerprint density at radius 2 is 2.43 bits per heavy atom. The second kappa shape index (κ2) is 0.898. The predicted octanol–water partition coefficient (Wildman–Crippen LogP) is 0.643. The van der Waals surface area contributed by atoms with Gasteiger partial charge >= 0.3 is 0 Å². The molecule has 1 unspecified atom stereocenters. The van der Waals surface area contributed by atoms with Crippen LogP contribution >= 0.6 is 0 Å². The van der Waals surface area contributed by atoms with E-state index in [1.54, 1.807) is 5.06 Å². The Morgan fingerprint density at radius 3 is 3.00 bits per heavy atom. The molecule has 0 aromatic rings. The molecule has 2 nitrogen and oxygen atoms in total. The summed E-state index contributed by atoms with van der Waals surface area (Å²) < 4.78 is 0. The number of fused-ring (bicyclic) bond motifs is 1. The Labute approximate surface area is 41.6 Å². The van der Waals surface area contributed by atoms with Crippen molar-refractivity contribution in [1.29, 1.82) is 0 Å². The third-order valence-electron chi connectivity index (χ3n) is 1.05. The fourth-order valence-electron chi connectivity index (χ4n) is 0.631. The van der Waals surface area contributed by atoms with E-state index in [4.69, 9.17) is 4.84 Å². The molecule has 2 aliphatic heterocycles. The molecule has 0 bridgehead atoms. The van der Waals surface area contributed by atoms with Crippen molar-refractivity contribution in [2.75, 3.05) is 0 Å². The fourth-order valence-corrected chi connectivity index (χ4v) is 0.631. The smallest absolute Gasteiger partial charge is 0.199 e. The second-order valence-electron chi connectivity index (χ2n) is 1.58. The van der Waals surface area contributed by atoms with E-state index in [9.17, 15) is 0 Å². The van der Waals surface area contributed by atoms with Gasteiger partial charge in [0.05, 0.1) is 0 Å². The molecule has 2 rings (SSSR count). The van der Waals surface area contributed by atoms with Gasteiger partial charge in [-0.2, -0.15) is 0 Å². The summed E-state index contributed by atoms with van der Waals surface area (Å²) in [5, 5.41) is 1.79. The summed E-state index contributed by atoms with van der Waals surface area (Å²) in [6.45, 7) is 0. The summed E-state index contributed by atoms with van der Waals surface area (Å²) in [4.78, 5) is 4.94. The number of hydroxylamine groups is 2. The van der Waals surface area contributed by atoms with Crippen LogP contribution in [0.2, 0.25) is 0 Å². The molecule has 0 amide bonds. The van der Waals surface area contributed by atoms with E-state index < -0.39 is 0 Å². The van der Waals surface area contributed by atoms with Gasteiger partial charge in [-0.25, -0.2) is 9.90 Å². The maximum Gasteiger partial charge on any atom is 0.199 e. The highest BCUT2D eigenvalue weighted by atomic mass is 16.8. The van der Waals surface area contributed by atoms with E-state index in [0.717, 1.165) is 0 Å². The maximum absolute atomic E-state index is 4.94. The van der Waals surface area contributed by atoms with Gasteiger partial charge < -0.3 is 0 Å². The van der Waals surface area contributed by atoms with Gasteiger partial charge in [-0.15, -0.1) is 0 Å². The lowest BCUT2D eigenvalue weighted by atomic mass is 10.4. The molecule has 0 aliphatic carbocycles. The highest BCUT2D eigenvalue weighted by molar-refractivity contribution is 5.12. The zero-order valence-electron chi connectivity index (χ0n) is 3.74. The van der Waals surface area contributed by atoms with Crippen LogP contribution < -0.4 is 0 Å². The van der Waals surface area contributed by atoms with Crippen LogP contribution in [0.5, 0.6) is 0 Å². The zero-order valence-corrected chi connectivity index (χ0v) is 3.74. The van der Waals surface area contributed by atoms with Crippen LogP contribution in [0.4, 0.5) is 0 Å². The summed E-state index contributed by atoms with van der Waals surface area (Å²) >= 11 is 0. The Balaban J connectivity index is 2.28. The highest BCUT2D eigenvalue weighted by Crippen LogP contribution is 2.23. The largest absolute Gasteiger partial charge is 0.239 e. The van der Waals surface area contributed by atoms with Gasteiger partial charge in [0.1, 0.15) is 0 Å². The summed E-state index contributed by atoms with van der Waals surface area (Å²) in [6.07, 6.45) is 8.10. The van der Waals surface area contributed by atoms with Crippen molar-refractivity contribution in [2.45, 2.75) is 6.23 Å². The Kier molecular flexibility index (Phi) is 0.420. The normalized spacial score (nSPS) is 33.1. The minimum atomic E-state index is 0.269. The van der Waals surface area contributed by atoms with Gasteiger partial charge in [0, 0.05) is 6.20 Å². The van der Waals surface area contributed by atoms with Crippen molar-refractivity contribution in [2.24, 2.45) is 0 Å². The molecule has 1 saturated heterocycles. The topological polar surface area (TPSA) is 15.5 Å². The lowest BCUT2D eigenvalue weighted by Crippen LogP contribution is -1.90. The molecule has 2 heteroatoms. The number of rotatable bonds is 0. The van der Waals surface area contributed by atoms with Crippen molar-refractivity contribution in [1.82, 2.24) is 5.06 Å². The van der Waals surface area contributed by atoms with Crippen LogP contribution in [0.15, 0.2) is 24.4 Å². The monoisotopic (exact) mass is 95.0 g/mol. The molecule has 0 aromatic carbocycles. The first-order valence-corrected chi connectivity index (χ1v) is 2.27. The first-order chi connectivity index (χ1) is 3.47. The minimum absolute atomic E-state index is 0.269. The van der Waals surface area contributed by atoms with Crippen molar-refractivity contribution in [3.05, 3.63) is 24.4 Å². The highest BCUT2D eigenvalue weighted by Gasteiger charge is 2.31. The van der Waals surface area contributed by atoms with E-state index in [0.29, 0.717) is 0 Å². The number of allylic oxidation sites excluding steroid dienone is 2. The molecule has 7 heavy (non-hydrogen) atoms. The summed E-state index contributed by atoms with van der Waals surface area (Å²) in [6, 6.07) is 0. The molecular weight excluding hydrogens is 90.1 g/mol. The Morgan fingerprint density at radius 1 is 1.43 bits per heavy atom. The van der Waals surface area contributed by atoms with E-state index in [1.807, 2.05) is 24.4 Å². The number of hydrogen-bond donors (Lipinski definition) is 0. The molecular formula is C5H5NO. The van der Waals surface area contributed by atoms with Gasteiger partial charge in [0.15, 0.2) is 6.23 Å².